The molecule has 45 heavy (non-hydrogen) atoms. The maximum Gasteiger partial charge on any atom is 0.387 e. The number of Topliss-reactive ketones (excluding diaryl/α,β-unsaturated/α-hetero) is 1. The minimum Gasteiger partial charge on any atom is -0.434 e. The third kappa shape index (κ3) is 10.1. The smallest absolute Gasteiger partial charge is 0.387 e. The fourth-order valence-electron chi connectivity index (χ4n) is 5.97. The summed E-state index contributed by atoms with van der Waals surface area (Å²) < 4.78 is 32.2. The Balaban J connectivity index is 1.57. The second-order valence-corrected chi connectivity index (χ2v) is 12.1. The minimum absolute atomic E-state index is 0.158. The number of carbonyl (C=O) groups is 1. The van der Waals surface area contributed by atoms with E-state index in [9.17, 15) is 13.6 Å². The molecule has 2 aliphatic carbocycles. The lowest BCUT2D eigenvalue weighted by Crippen LogP contribution is -2.29. The molecule has 0 bridgehead atoms. The van der Waals surface area contributed by atoms with Crippen molar-refractivity contribution >= 4 is 23.6 Å². The molecular weight excluding hydrogens is 566 g/mol. The normalized spacial score (nSPS) is 19.8. The van der Waals surface area contributed by atoms with Gasteiger partial charge in [-0.25, -0.2) is 0 Å². The summed E-state index contributed by atoms with van der Waals surface area (Å²) in [7, 11) is 1.74. The van der Waals surface area contributed by atoms with Gasteiger partial charge >= 0.3 is 6.61 Å². The lowest BCUT2D eigenvalue weighted by molar-refractivity contribution is -0.116. The van der Waals surface area contributed by atoms with Crippen LogP contribution in [-0.2, 0) is 4.79 Å². The topological polar surface area (TPSA) is 41.9 Å². The Morgan fingerprint density at radius 3 is 2.76 bits per heavy atom. The van der Waals surface area contributed by atoms with Crippen molar-refractivity contribution in [2.75, 3.05) is 20.1 Å². The number of ether oxygens (including phenoxy) is 1. The van der Waals surface area contributed by atoms with Gasteiger partial charge in [0, 0.05) is 49.1 Å². The maximum absolute atomic E-state index is 13.6. The second-order valence-electron chi connectivity index (χ2n) is 12.1. The molecule has 0 atom stereocenters. The van der Waals surface area contributed by atoms with Crippen LogP contribution in [0, 0.1) is 5.92 Å². The van der Waals surface area contributed by atoms with Crippen LogP contribution >= 0.6 is 0 Å². The van der Waals surface area contributed by atoms with Crippen molar-refractivity contribution in [2.24, 2.45) is 10.9 Å². The van der Waals surface area contributed by atoms with Gasteiger partial charge in [0.2, 0.25) is 0 Å². The number of aliphatic imine (C=N–C) groups is 1. The Morgan fingerprint density at radius 2 is 2.02 bits per heavy atom. The Morgan fingerprint density at radius 1 is 1.20 bits per heavy atom. The predicted octanol–water partition coefficient (Wildman–Crippen LogP) is 10.1. The van der Waals surface area contributed by atoms with Crippen LogP contribution in [0.4, 0.5) is 8.78 Å². The highest BCUT2D eigenvalue weighted by atomic mass is 19.3. The molecule has 1 saturated carbocycles. The first-order valence-electron chi connectivity index (χ1n) is 16.4. The van der Waals surface area contributed by atoms with Crippen molar-refractivity contribution in [2.45, 2.75) is 84.7 Å². The molecule has 1 aromatic carbocycles. The quantitative estimate of drug-likeness (QED) is 0.119. The summed E-state index contributed by atoms with van der Waals surface area (Å²) in [6.45, 7) is 7.34. The van der Waals surface area contributed by atoms with Crippen molar-refractivity contribution < 1.29 is 18.3 Å². The van der Waals surface area contributed by atoms with E-state index in [1.165, 1.54) is 5.57 Å². The average Bonchev–Trinajstić information content (AvgIpc) is 3.84. The average molecular weight is 615 g/mol. The molecule has 0 unspecified atom stereocenters. The summed E-state index contributed by atoms with van der Waals surface area (Å²) in [5.41, 5.74) is 7.58. The van der Waals surface area contributed by atoms with Gasteiger partial charge in [-0.1, -0.05) is 68.0 Å². The van der Waals surface area contributed by atoms with E-state index in [0.717, 1.165) is 104 Å². The molecule has 3 aliphatic rings. The molecule has 1 fully saturated rings. The zero-order chi connectivity index (χ0) is 32.2. The number of hydrogen-bond acceptors (Lipinski definition) is 4. The van der Waals surface area contributed by atoms with Crippen LogP contribution in [0.1, 0.15) is 89.2 Å². The molecule has 240 valence electrons. The van der Waals surface area contributed by atoms with Crippen molar-refractivity contribution in [1.82, 2.24) is 4.90 Å². The van der Waals surface area contributed by atoms with E-state index in [4.69, 9.17) is 4.74 Å². The molecule has 0 amide bonds. The number of halogens is 2. The molecule has 0 aromatic heterocycles. The van der Waals surface area contributed by atoms with Crippen LogP contribution in [0.3, 0.4) is 0 Å². The third-order valence-corrected chi connectivity index (χ3v) is 8.49. The minimum atomic E-state index is -2.93. The highest BCUT2D eigenvalue weighted by molar-refractivity contribution is 5.98. The standard InChI is InChI=1S/C39H48F2N2O2/c1-5-11-28(2)12-7-6-8-13-30-17-21-34(37(26-30)45-39(40)41)33-18-16-29(3)35(27-33)36(22-23-42-4)43-24-9-14-31(15-10-25-43)38(44)32-19-20-32/h8,12-14,17-18,21-23,26-27,32,39H,3,5-7,9-11,15-16,19-20,24-25H2,1-2,4H3/b13-8+,28-12-,31-14-,36-22+,42-23?. The number of ketones is 1. The van der Waals surface area contributed by atoms with Crippen LogP contribution in [0.15, 0.2) is 94.2 Å². The second kappa shape index (κ2) is 17.0. The largest absolute Gasteiger partial charge is 0.434 e. The van der Waals surface area contributed by atoms with Gasteiger partial charge in [0.15, 0.2) is 5.78 Å². The molecule has 6 heteroatoms. The predicted molar refractivity (Wildman–Crippen MR) is 184 cm³/mol. The molecular formula is C39H48F2N2O2. The highest BCUT2D eigenvalue weighted by Crippen LogP contribution is 2.38. The monoisotopic (exact) mass is 614 g/mol. The van der Waals surface area contributed by atoms with Crippen LogP contribution < -0.4 is 4.74 Å². The van der Waals surface area contributed by atoms with Crippen LogP contribution in [0.5, 0.6) is 5.75 Å². The number of hydrogen-bond donors (Lipinski definition) is 0. The van der Waals surface area contributed by atoms with E-state index in [1.807, 2.05) is 36.4 Å². The number of nitrogens with zero attached hydrogens (tertiary/aromatic N) is 2. The van der Waals surface area contributed by atoms with Gasteiger partial charge in [0.1, 0.15) is 5.75 Å². The number of rotatable bonds is 14. The summed E-state index contributed by atoms with van der Waals surface area (Å²) in [5, 5.41) is 0. The number of carbonyl (C=O) groups excluding carboxylic acids is 1. The van der Waals surface area contributed by atoms with Gasteiger partial charge in [0.25, 0.3) is 0 Å². The summed E-state index contributed by atoms with van der Waals surface area (Å²) in [5.74, 6) is 0.744. The molecule has 4 nitrogen and oxygen atoms in total. The number of alkyl halides is 2. The molecule has 1 aliphatic heterocycles. The van der Waals surface area contributed by atoms with E-state index in [-0.39, 0.29) is 11.7 Å². The fourth-order valence-corrected chi connectivity index (χ4v) is 5.97. The summed E-state index contributed by atoms with van der Waals surface area (Å²) in [6.07, 6.45) is 25.5. The lowest BCUT2D eigenvalue weighted by Gasteiger charge is -2.32. The Labute approximate surface area is 268 Å². The van der Waals surface area contributed by atoms with Crippen molar-refractivity contribution in [3.8, 4) is 5.75 Å². The Kier molecular flexibility index (Phi) is 12.9. The van der Waals surface area contributed by atoms with Gasteiger partial charge in [-0.05, 0) is 105 Å². The van der Waals surface area contributed by atoms with Gasteiger partial charge in [0.05, 0.1) is 0 Å². The van der Waals surface area contributed by atoms with E-state index < -0.39 is 6.61 Å². The van der Waals surface area contributed by atoms with Crippen molar-refractivity contribution in [1.29, 1.82) is 0 Å². The SMILES string of the molecule is C=C1CC=C(c2ccc(/C=C/CC/C=C(/C)CCC)cc2OC(F)F)C=C1/C(=C\C=NC)N1CC/C=C(\C(=O)C2CC2)CCC1. The summed E-state index contributed by atoms with van der Waals surface area (Å²) in [4.78, 5) is 19.2. The summed E-state index contributed by atoms with van der Waals surface area (Å²) >= 11 is 0. The van der Waals surface area contributed by atoms with E-state index in [1.54, 1.807) is 19.3 Å². The lowest BCUT2D eigenvalue weighted by atomic mass is 9.88. The molecule has 1 aromatic rings. The number of unbranched alkanes of at least 4 members (excludes halogenated alkanes) is 1. The molecule has 0 spiro atoms. The first-order valence-corrected chi connectivity index (χ1v) is 16.4. The fraction of sp³-hybridized carbons (Fsp3) is 0.436. The third-order valence-electron chi connectivity index (χ3n) is 8.49. The Hall–Kier alpha value is -3.80. The molecule has 4 rings (SSSR count). The number of allylic oxidation sites excluding steroid dienone is 9. The first kappa shape index (κ1) is 34.1. The van der Waals surface area contributed by atoms with Gasteiger partial charge < -0.3 is 9.64 Å². The van der Waals surface area contributed by atoms with E-state index in [0.29, 0.717) is 17.8 Å². The zero-order valence-electron chi connectivity index (χ0n) is 27.2. The first-order chi connectivity index (χ1) is 21.8. The Bertz CT molecular complexity index is 1440. The molecule has 0 radical (unpaired) electrons. The highest BCUT2D eigenvalue weighted by Gasteiger charge is 2.32. The van der Waals surface area contributed by atoms with Gasteiger partial charge in [-0.3, -0.25) is 9.79 Å². The van der Waals surface area contributed by atoms with Crippen molar-refractivity contribution in [3.63, 3.8) is 0 Å². The van der Waals surface area contributed by atoms with E-state index in [2.05, 4.69) is 48.5 Å². The summed E-state index contributed by atoms with van der Waals surface area (Å²) in [6, 6.07) is 5.51. The van der Waals surface area contributed by atoms with Crippen LogP contribution in [0.2, 0.25) is 0 Å². The van der Waals surface area contributed by atoms with E-state index >= 15 is 0 Å². The van der Waals surface area contributed by atoms with Gasteiger partial charge in [-0.15, -0.1) is 0 Å². The zero-order valence-corrected chi connectivity index (χ0v) is 27.2. The molecule has 0 saturated heterocycles. The van der Waals surface area contributed by atoms with Crippen molar-refractivity contribution in [3.05, 3.63) is 100 Å². The molecule has 1 heterocycles. The van der Waals surface area contributed by atoms with Gasteiger partial charge in [-0.2, -0.15) is 8.78 Å². The maximum atomic E-state index is 13.6. The van der Waals surface area contributed by atoms with Crippen LogP contribution in [-0.4, -0.2) is 43.6 Å². The molecule has 0 N–H and O–H groups in total. The van der Waals surface area contributed by atoms with Crippen LogP contribution in [0.25, 0.3) is 11.6 Å². The number of benzene rings is 1.